The van der Waals surface area contributed by atoms with Gasteiger partial charge in [0.1, 0.15) is 0 Å². The van der Waals surface area contributed by atoms with Crippen LogP contribution >= 0.6 is 0 Å². The summed E-state index contributed by atoms with van der Waals surface area (Å²) in [5.41, 5.74) is -0.957. The first kappa shape index (κ1) is 9.70. The van der Waals surface area contributed by atoms with Crippen LogP contribution in [0.25, 0.3) is 0 Å². The van der Waals surface area contributed by atoms with E-state index >= 15 is 0 Å². The molecule has 1 aliphatic heterocycles. The van der Waals surface area contributed by atoms with Crippen molar-refractivity contribution in [2.75, 3.05) is 0 Å². The number of hydrogen-bond donors (Lipinski definition) is 1. The number of aliphatic carboxylic acids is 1. The van der Waals surface area contributed by atoms with Gasteiger partial charge in [-0.25, -0.2) is 4.79 Å². The van der Waals surface area contributed by atoms with Crippen molar-refractivity contribution in [3.05, 3.63) is 20.2 Å². The van der Waals surface area contributed by atoms with Gasteiger partial charge in [-0.05, 0) is 10.0 Å². The molecule has 1 aliphatic rings. The predicted molar refractivity (Wildman–Crippen MR) is 40.3 cm³/mol. The highest BCUT2D eigenvalue weighted by molar-refractivity contribution is 6.42. The molecule has 0 aromatic rings. The summed E-state index contributed by atoms with van der Waals surface area (Å²) in [4.78, 5) is 28.6. The number of carbonyl (C=O) groups is 1. The van der Waals surface area contributed by atoms with Gasteiger partial charge in [0.15, 0.2) is 0 Å². The van der Waals surface area contributed by atoms with Gasteiger partial charge in [-0.15, -0.1) is 0 Å². The third-order valence-electron chi connectivity index (χ3n) is 1.38. The second-order valence-electron chi connectivity index (χ2n) is 2.19. The first-order valence-corrected chi connectivity index (χ1v) is 3.11. The van der Waals surface area contributed by atoms with Crippen LogP contribution in [0.4, 0.5) is 0 Å². The van der Waals surface area contributed by atoms with Crippen LogP contribution in [0, 0.1) is 20.2 Å². The van der Waals surface area contributed by atoms with Crippen LogP contribution in [0.15, 0.2) is 10.2 Å². The normalized spacial score (nSPS) is 19.9. The Morgan fingerprint density at radius 2 is 1.93 bits per heavy atom. The zero-order chi connectivity index (χ0) is 10.9. The number of carboxylic acid groups (broad SMARTS) is 1. The fraction of sp³-hybridized carbons (Fsp3) is 0.250. The predicted octanol–water partition coefficient (Wildman–Crippen LogP) is -1.24. The molecule has 0 fully saturated rings. The maximum absolute atomic E-state index is 10.4. The first-order valence-electron chi connectivity index (χ1n) is 3.11. The molecular weight excluding hydrogens is 200 g/mol. The molecule has 0 unspecified atom stereocenters. The molecule has 0 spiro atoms. The summed E-state index contributed by atoms with van der Waals surface area (Å²) < 4.78 is 0. The largest absolute Gasteiger partial charge is 0.476 e. The fourth-order valence-electron chi connectivity index (χ4n) is 0.827. The quantitative estimate of drug-likeness (QED) is 0.437. The monoisotopic (exact) mass is 202 g/mol. The van der Waals surface area contributed by atoms with Gasteiger partial charge in [0.25, 0.3) is 5.71 Å². The van der Waals surface area contributed by atoms with Crippen molar-refractivity contribution in [2.24, 2.45) is 10.2 Å². The average Bonchev–Trinajstić information content (AvgIpc) is 2.46. The highest BCUT2D eigenvalue weighted by Gasteiger charge is 2.51. The van der Waals surface area contributed by atoms with Crippen LogP contribution in [0.3, 0.4) is 0 Å². The summed E-state index contributed by atoms with van der Waals surface area (Å²) in [5.74, 6) is -2.79. The minimum Gasteiger partial charge on any atom is -0.476 e. The highest BCUT2D eigenvalue weighted by atomic mass is 16.6. The van der Waals surface area contributed by atoms with E-state index < -0.39 is 33.4 Å². The Bertz CT molecular complexity index is 353. The van der Waals surface area contributed by atoms with Crippen molar-refractivity contribution in [1.29, 1.82) is 0 Å². The molecule has 0 amide bonds. The van der Waals surface area contributed by atoms with Gasteiger partial charge in [-0.2, -0.15) is 0 Å². The summed E-state index contributed by atoms with van der Waals surface area (Å²) in [6, 6.07) is -2.09. The molecule has 0 aliphatic carbocycles. The SMILES string of the molecule is O=C(O)C1=NN=C([N+](=O)[O-])[C@H]1[N+](=O)[O-]. The second kappa shape index (κ2) is 3.16. The van der Waals surface area contributed by atoms with E-state index in [-0.39, 0.29) is 0 Å². The molecule has 1 heterocycles. The average molecular weight is 202 g/mol. The lowest BCUT2D eigenvalue weighted by Crippen LogP contribution is -2.41. The van der Waals surface area contributed by atoms with Gasteiger partial charge in [0.05, 0.1) is 5.10 Å². The van der Waals surface area contributed by atoms with E-state index in [9.17, 15) is 25.0 Å². The van der Waals surface area contributed by atoms with Crippen molar-refractivity contribution >= 4 is 17.5 Å². The number of rotatable bonds is 2. The van der Waals surface area contributed by atoms with E-state index in [0.29, 0.717) is 0 Å². The van der Waals surface area contributed by atoms with Crippen molar-refractivity contribution in [3.63, 3.8) is 0 Å². The number of nitrogens with zero attached hydrogens (tertiary/aromatic N) is 4. The van der Waals surface area contributed by atoms with E-state index in [1.807, 2.05) is 0 Å². The topological polar surface area (TPSA) is 148 Å². The van der Waals surface area contributed by atoms with Crippen LogP contribution in [0.2, 0.25) is 0 Å². The van der Waals surface area contributed by atoms with E-state index in [2.05, 4.69) is 10.2 Å². The molecule has 1 rings (SSSR count). The van der Waals surface area contributed by atoms with Crippen molar-refractivity contribution in [3.8, 4) is 0 Å². The molecule has 0 bridgehead atoms. The lowest BCUT2D eigenvalue weighted by molar-refractivity contribution is -0.502. The third-order valence-corrected chi connectivity index (χ3v) is 1.38. The van der Waals surface area contributed by atoms with Gasteiger partial charge in [0.2, 0.25) is 0 Å². The van der Waals surface area contributed by atoms with Gasteiger partial charge < -0.3 is 15.2 Å². The van der Waals surface area contributed by atoms with E-state index in [1.165, 1.54) is 0 Å². The molecule has 0 aromatic carbocycles. The van der Waals surface area contributed by atoms with Crippen molar-refractivity contribution in [2.45, 2.75) is 6.04 Å². The first-order chi connectivity index (χ1) is 6.45. The molecule has 74 valence electrons. The maximum atomic E-state index is 10.4. The molecule has 0 radical (unpaired) electrons. The Balaban J connectivity index is 3.07. The summed E-state index contributed by atoms with van der Waals surface area (Å²) in [5, 5.41) is 34.6. The number of nitro groups is 2. The van der Waals surface area contributed by atoms with Crippen LogP contribution in [-0.2, 0) is 4.79 Å². The Hall–Kier alpha value is -2.39. The van der Waals surface area contributed by atoms with Crippen molar-refractivity contribution in [1.82, 2.24) is 0 Å². The Kier molecular flexibility index (Phi) is 2.19. The fourth-order valence-corrected chi connectivity index (χ4v) is 0.827. The van der Waals surface area contributed by atoms with E-state index in [1.54, 1.807) is 0 Å². The molecule has 1 atom stereocenters. The lowest BCUT2D eigenvalue weighted by atomic mass is 10.2. The summed E-state index contributed by atoms with van der Waals surface area (Å²) in [6.07, 6.45) is 0. The number of hydrogen-bond acceptors (Lipinski definition) is 7. The van der Waals surface area contributed by atoms with E-state index in [4.69, 9.17) is 5.11 Å². The zero-order valence-corrected chi connectivity index (χ0v) is 6.35. The minimum absolute atomic E-state index is 0.957. The van der Waals surface area contributed by atoms with Crippen molar-refractivity contribution < 1.29 is 19.7 Å². The molecule has 10 nitrogen and oxygen atoms in total. The molecular formula is C4H2N4O6. The summed E-state index contributed by atoms with van der Waals surface area (Å²) in [7, 11) is 0. The Morgan fingerprint density at radius 1 is 1.36 bits per heavy atom. The molecule has 14 heavy (non-hydrogen) atoms. The second-order valence-corrected chi connectivity index (χ2v) is 2.19. The molecule has 10 heteroatoms. The van der Waals surface area contributed by atoms with Crippen LogP contribution in [0.5, 0.6) is 0 Å². The smallest absolute Gasteiger partial charge is 0.447 e. The number of carboxylic acids is 1. The van der Waals surface area contributed by atoms with Gasteiger partial charge in [-0.1, -0.05) is 0 Å². The third kappa shape index (κ3) is 1.39. The summed E-state index contributed by atoms with van der Waals surface area (Å²) >= 11 is 0. The standard InChI is InChI=1S/C4H2N4O6/c9-4(10)1-2(7(11)12)3(6-5-1)8(13)14/h2H,(H,9,10)/t2-/m0/s1. The van der Waals surface area contributed by atoms with Crippen LogP contribution in [0.1, 0.15) is 0 Å². The van der Waals surface area contributed by atoms with Gasteiger partial charge in [0, 0.05) is 4.92 Å². The lowest BCUT2D eigenvalue weighted by Gasteiger charge is -1.98. The molecule has 0 aromatic heterocycles. The van der Waals surface area contributed by atoms with Gasteiger partial charge >= 0.3 is 17.8 Å². The molecule has 0 saturated heterocycles. The van der Waals surface area contributed by atoms with Crippen LogP contribution < -0.4 is 0 Å². The Morgan fingerprint density at radius 3 is 2.29 bits per heavy atom. The van der Waals surface area contributed by atoms with Gasteiger partial charge in [-0.3, -0.25) is 10.1 Å². The highest BCUT2D eigenvalue weighted by Crippen LogP contribution is 2.08. The number of amidine groups is 1. The minimum atomic E-state index is -2.09. The molecule has 0 saturated carbocycles. The van der Waals surface area contributed by atoms with E-state index in [0.717, 1.165) is 0 Å². The Labute approximate surface area is 74.9 Å². The maximum Gasteiger partial charge on any atom is 0.447 e. The zero-order valence-electron chi connectivity index (χ0n) is 6.35. The summed E-state index contributed by atoms with van der Waals surface area (Å²) in [6.45, 7) is 0. The van der Waals surface area contributed by atoms with Crippen LogP contribution in [-0.4, -0.2) is 38.5 Å². The molecule has 1 N–H and O–H groups in total.